The van der Waals surface area contributed by atoms with E-state index in [0.717, 1.165) is 25.7 Å². The summed E-state index contributed by atoms with van der Waals surface area (Å²) < 4.78 is 16.7. The first-order valence-corrected chi connectivity index (χ1v) is 9.24. The molecule has 1 fully saturated rings. The molecule has 1 unspecified atom stereocenters. The number of hydrogen-bond acceptors (Lipinski definition) is 5. The van der Waals surface area contributed by atoms with Crippen molar-refractivity contribution in [1.82, 2.24) is 5.32 Å². The molecule has 0 radical (unpaired) electrons. The maximum Gasteiger partial charge on any atom is 0.408 e. The van der Waals surface area contributed by atoms with E-state index >= 15 is 0 Å². The van der Waals surface area contributed by atoms with Gasteiger partial charge in [0.25, 0.3) is 0 Å². The molecule has 1 aliphatic carbocycles. The zero-order valence-corrected chi connectivity index (χ0v) is 16.4. The molecule has 0 spiro atoms. The summed E-state index contributed by atoms with van der Waals surface area (Å²) in [5.74, 6) is -0.0413. The molecule has 0 aromatic heterocycles. The maximum atomic E-state index is 12.0. The van der Waals surface area contributed by atoms with Gasteiger partial charge in [0.15, 0.2) is 11.5 Å². The smallest absolute Gasteiger partial charge is 0.408 e. The molecule has 1 aliphatic rings. The van der Waals surface area contributed by atoms with Crippen molar-refractivity contribution in [1.29, 1.82) is 0 Å². The number of alkyl carbamates (subject to hydrolysis) is 1. The number of amides is 1. The van der Waals surface area contributed by atoms with Crippen molar-refractivity contribution >= 4 is 12.1 Å². The standard InChI is InChI=1S/C20H29NO6/c1-20(2,3)27-19(24)21-15(18(22)23)12-13-8-7-11-16(25-4)17(13)26-14-9-5-6-10-14/h7-8,11,14-15H,5-6,9-10,12H2,1-4H3,(H,21,24)(H,22,23). The summed E-state index contributed by atoms with van der Waals surface area (Å²) in [6.07, 6.45) is 3.57. The van der Waals surface area contributed by atoms with Crippen LogP contribution in [0.15, 0.2) is 18.2 Å². The largest absolute Gasteiger partial charge is 0.493 e. The van der Waals surface area contributed by atoms with Gasteiger partial charge in [-0.2, -0.15) is 0 Å². The molecule has 27 heavy (non-hydrogen) atoms. The van der Waals surface area contributed by atoms with Gasteiger partial charge < -0.3 is 24.6 Å². The number of rotatable bonds is 7. The van der Waals surface area contributed by atoms with E-state index in [9.17, 15) is 14.7 Å². The average Bonchev–Trinajstić information content (AvgIpc) is 3.06. The molecule has 1 atom stereocenters. The zero-order chi connectivity index (χ0) is 20.0. The van der Waals surface area contributed by atoms with Gasteiger partial charge in [0.2, 0.25) is 0 Å². The quantitative estimate of drug-likeness (QED) is 0.753. The van der Waals surface area contributed by atoms with Crippen molar-refractivity contribution in [2.75, 3.05) is 7.11 Å². The zero-order valence-electron chi connectivity index (χ0n) is 16.4. The Morgan fingerprint density at radius 2 is 1.93 bits per heavy atom. The molecule has 0 heterocycles. The monoisotopic (exact) mass is 379 g/mol. The molecule has 7 nitrogen and oxygen atoms in total. The molecular weight excluding hydrogens is 350 g/mol. The highest BCUT2D eigenvalue weighted by Crippen LogP contribution is 2.35. The molecule has 150 valence electrons. The number of nitrogens with one attached hydrogen (secondary N) is 1. The summed E-state index contributed by atoms with van der Waals surface area (Å²) in [6.45, 7) is 5.16. The summed E-state index contributed by atoms with van der Waals surface area (Å²) in [6, 6.07) is 4.21. The fourth-order valence-corrected chi connectivity index (χ4v) is 3.06. The number of carboxylic acids is 1. The van der Waals surface area contributed by atoms with E-state index in [-0.39, 0.29) is 12.5 Å². The molecule has 1 amide bonds. The molecule has 1 saturated carbocycles. The Morgan fingerprint density at radius 1 is 1.26 bits per heavy atom. The second-order valence-corrected chi connectivity index (χ2v) is 7.71. The van der Waals surface area contributed by atoms with Gasteiger partial charge >= 0.3 is 12.1 Å². The van der Waals surface area contributed by atoms with Gasteiger partial charge in [-0.1, -0.05) is 12.1 Å². The van der Waals surface area contributed by atoms with E-state index in [1.165, 1.54) is 0 Å². The van der Waals surface area contributed by atoms with Crippen LogP contribution in [0.4, 0.5) is 4.79 Å². The highest BCUT2D eigenvalue weighted by Gasteiger charge is 2.27. The first kappa shape index (κ1) is 20.9. The van der Waals surface area contributed by atoms with Crippen molar-refractivity contribution in [3.05, 3.63) is 23.8 Å². The summed E-state index contributed by atoms with van der Waals surface area (Å²) in [5, 5.41) is 12.0. The first-order valence-electron chi connectivity index (χ1n) is 9.24. The van der Waals surface area contributed by atoms with Crippen LogP contribution in [0.2, 0.25) is 0 Å². The molecule has 2 rings (SSSR count). The number of methoxy groups -OCH3 is 1. The Balaban J connectivity index is 2.18. The van der Waals surface area contributed by atoms with Crippen LogP contribution >= 0.6 is 0 Å². The van der Waals surface area contributed by atoms with Crippen molar-refractivity contribution in [3.63, 3.8) is 0 Å². The minimum Gasteiger partial charge on any atom is -0.493 e. The van der Waals surface area contributed by atoms with Crippen LogP contribution in [-0.4, -0.2) is 42.0 Å². The lowest BCUT2D eigenvalue weighted by molar-refractivity contribution is -0.139. The molecule has 7 heteroatoms. The highest BCUT2D eigenvalue weighted by molar-refractivity contribution is 5.80. The number of carbonyl (C=O) groups is 2. The molecule has 1 aromatic rings. The van der Waals surface area contributed by atoms with E-state index < -0.39 is 23.7 Å². The van der Waals surface area contributed by atoms with Crippen LogP contribution in [0, 0.1) is 0 Å². The van der Waals surface area contributed by atoms with Gasteiger partial charge in [0, 0.05) is 12.0 Å². The highest BCUT2D eigenvalue weighted by atomic mass is 16.6. The number of ether oxygens (including phenoxy) is 3. The molecule has 2 N–H and O–H groups in total. The summed E-state index contributed by atoms with van der Waals surface area (Å²) in [7, 11) is 1.55. The average molecular weight is 379 g/mol. The number of hydrogen-bond donors (Lipinski definition) is 2. The minimum absolute atomic E-state index is 0.0633. The van der Waals surface area contributed by atoms with Crippen molar-refractivity contribution in [2.24, 2.45) is 0 Å². The van der Waals surface area contributed by atoms with Crippen LogP contribution in [0.1, 0.15) is 52.0 Å². The third-order valence-electron chi connectivity index (χ3n) is 4.28. The van der Waals surface area contributed by atoms with Gasteiger partial charge in [0.1, 0.15) is 11.6 Å². The van der Waals surface area contributed by atoms with Crippen molar-refractivity contribution in [3.8, 4) is 11.5 Å². The predicted molar refractivity (Wildman–Crippen MR) is 100 cm³/mol. The SMILES string of the molecule is COc1cccc(CC(NC(=O)OC(C)(C)C)C(=O)O)c1OC1CCCC1. The van der Waals surface area contributed by atoms with Gasteiger partial charge in [0.05, 0.1) is 13.2 Å². The fourth-order valence-electron chi connectivity index (χ4n) is 3.06. The third kappa shape index (κ3) is 6.34. The molecular formula is C20H29NO6. The number of para-hydroxylation sites is 1. The van der Waals surface area contributed by atoms with Crippen molar-refractivity contribution in [2.45, 2.75) is 70.6 Å². The third-order valence-corrected chi connectivity index (χ3v) is 4.28. The number of aliphatic carboxylic acids is 1. The van der Waals surface area contributed by atoms with Gasteiger partial charge in [-0.25, -0.2) is 9.59 Å². The number of carboxylic acid groups (broad SMARTS) is 1. The summed E-state index contributed by atoms with van der Waals surface area (Å²) in [5.41, 5.74) is -0.0375. The predicted octanol–water partition coefficient (Wildman–Crippen LogP) is 3.54. The Bertz CT molecular complexity index is 661. The second-order valence-electron chi connectivity index (χ2n) is 7.71. The first-order chi connectivity index (χ1) is 12.7. The van der Waals surface area contributed by atoms with Gasteiger partial charge in [-0.05, 0) is 52.5 Å². The van der Waals surface area contributed by atoms with Crippen LogP contribution in [0.25, 0.3) is 0 Å². The number of carbonyl (C=O) groups excluding carboxylic acids is 1. The van der Waals surface area contributed by atoms with E-state index in [2.05, 4.69) is 5.32 Å². The topological polar surface area (TPSA) is 94.1 Å². The van der Waals surface area contributed by atoms with Crippen LogP contribution in [-0.2, 0) is 16.0 Å². The Morgan fingerprint density at radius 3 is 2.48 bits per heavy atom. The lowest BCUT2D eigenvalue weighted by Crippen LogP contribution is -2.44. The minimum atomic E-state index is -1.14. The normalized spacial score (nSPS) is 15.9. The lowest BCUT2D eigenvalue weighted by Gasteiger charge is -2.23. The lowest BCUT2D eigenvalue weighted by atomic mass is 10.0. The Kier molecular flexibility index (Phi) is 6.93. The molecule has 0 saturated heterocycles. The van der Waals surface area contributed by atoms with Crippen molar-refractivity contribution < 1.29 is 28.9 Å². The fraction of sp³-hybridized carbons (Fsp3) is 0.600. The van der Waals surface area contributed by atoms with E-state index in [0.29, 0.717) is 17.1 Å². The van der Waals surface area contributed by atoms with E-state index in [1.54, 1.807) is 46.1 Å². The Hall–Kier alpha value is -2.44. The summed E-state index contributed by atoms with van der Waals surface area (Å²) in [4.78, 5) is 23.7. The van der Waals surface area contributed by atoms with Gasteiger partial charge in [-0.3, -0.25) is 0 Å². The van der Waals surface area contributed by atoms with Crippen LogP contribution in [0.5, 0.6) is 11.5 Å². The second kappa shape index (κ2) is 8.97. The molecule has 0 aliphatic heterocycles. The van der Waals surface area contributed by atoms with Crippen LogP contribution in [0.3, 0.4) is 0 Å². The van der Waals surface area contributed by atoms with E-state index in [1.807, 2.05) is 0 Å². The van der Waals surface area contributed by atoms with Crippen LogP contribution < -0.4 is 14.8 Å². The Labute approximate surface area is 160 Å². The molecule has 0 bridgehead atoms. The molecule has 1 aromatic carbocycles. The number of benzene rings is 1. The maximum absolute atomic E-state index is 12.0. The van der Waals surface area contributed by atoms with E-state index in [4.69, 9.17) is 14.2 Å². The van der Waals surface area contributed by atoms with Gasteiger partial charge in [-0.15, -0.1) is 0 Å². The summed E-state index contributed by atoms with van der Waals surface area (Å²) >= 11 is 0.